The van der Waals surface area contributed by atoms with Gasteiger partial charge in [-0.15, -0.1) is 0 Å². The third-order valence-corrected chi connectivity index (χ3v) is 10.3. The van der Waals surface area contributed by atoms with Crippen molar-refractivity contribution < 1.29 is 18.8 Å². The molecule has 1 aliphatic heterocycles. The van der Waals surface area contributed by atoms with Crippen LogP contribution in [0.2, 0.25) is 0 Å². The SMILES string of the molecule is CC1(C)c2ccccc2-c2ccc(C=C(CNC(=O)OCC3c4ccccc4-c4ccccc43)B3OC(C)(C)C(C)(C)O3)cc21. The van der Waals surface area contributed by atoms with Crippen molar-refractivity contribution in [2.45, 2.75) is 64.1 Å². The van der Waals surface area contributed by atoms with E-state index in [0.29, 0.717) is 0 Å². The van der Waals surface area contributed by atoms with Crippen LogP contribution in [-0.2, 0) is 19.5 Å². The number of carbonyl (C=O) groups is 1. The number of alkyl carbamates (subject to hydrolysis) is 1. The molecule has 1 saturated heterocycles. The van der Waals surface area contributed by atoms with Crippen LogP contribution >= 0.6 is 0 Å². The Morgan fingerprint density at radius 3 is 1.96 bits per heavy atom. The molecular weight excluding hydrogens is 557 g/mol. The van der Waals surface area contributed by atoms with Gasteiger partial charge in [0.1, 0.15) is 6.61 Å². The van der Waals surface area contributed by atoms with Crippen LogP contribution in [0, 0.1) is 0 Å². The molecular formula is C39H40BNO4. The lowest BCUT2D eigenvalue weighted by molar-refractivity contribution is 0.00578. The Morgan fingerprint density at radius 2 is 1.31 bits per heavy atom. The van der Waals surface area contributed by atoms with E-state index in [2.05, 4.69) is 104 Å². The van der Waals surface area contributed by atoms with E-state index in [1.807, 2.05) is 39.8 Å². The predicted octanol–water partition coefficient (Wildman–Crippen LogP) is 8.55. The predicted molar refractivity (Wildman–Crippen MR) is 181 cm³/mol. The van der Waals surface area contributed by atoms with Gasteiger partial charge in [0.15, 0.2) is 0 Å². The number of ether oxygens (including phenoxy) is 1. The largest absolute Gasteiger partial charge is 0.492 e. The molecule has 1 heterocycles. The zero-order valence-corrected chi connectivity index (χ0v) is 26.9. The summed E-state index contributed by atoms with van der Waals surface area (Å²) in [5.74, 6) is 0.000139. The molecule has 0 radical (unpaired) electrons. The molecule has 5 nitrogen and oxygen atoms in total. The van der Waals surface area contributed by atoms with Gasteiger partial charge in [0.05, 0.1) is 11.2 Å². The normalized spacial score (nSPS) is 18.6. The third kappa shape index (κ3) is 5.01. The van der Waals surface area contributed by atoms with Crippen LogP contribution in [0.4, 0.5) is 4.79 Å². The van der Waals surface area contributed by atoms with Crippen LogP contribution in [0.25, 0.3) is 28.3 Å². The van der Waals surface area contributed by atoms with Gasteiger partial charge in [0.25, 0.3) is 0 Å². The van der Waals surface area contributed by atoms with E-state index >= 15 is 0 Å². The second-order valence-corrected chi connectivity index (χ2v) is 14.0. The zero-order valence-electron chi connectivity index (χ0n) is 26.9. The minimum atomic E-state index is -0.609. The van der Waals surface area contributed by atoms with Crippen molar-refractivity contribution in [1.82, 2.24) is 5.32 Å². The molecule has 0 saturated carbocycles. The standard InChI is InChI=1S/C39H40BNO4/c1-37(2)34-18-12-11-17-31(34)32-20-19-25(22-35(32)37)21-26(40-44-38(3,4)39(5,6)45-40)23-41-36(42)43-24-33-29-15-9-7-13-27(29)28-14-8-10-16-30(28)33/h7-22,33H,23-24H2,1-6H3,(H,41,42). The van der Waals surface area contributed by atoms with Crippen molar-refractivity contribution in [2.24, 2.45) is 0 Å². The van der Waals surface area contributed by atoms with Crippen molar-refractivity contribution in [3.8, 4) is 22.3 Å². The Hall–Kier alpha value is -4.13. The molecule has 228 valence electrons. The number of nitrogens with one attached hydrogen (secondary N) is 1. The molecule has 1 amide bonds. The average Bonchev–Trinajstić information content (AvgIpc) is 3.55. The molecule has 4 aromatic carbocycles. The fourth-order valence-corrected chi connectivity index (χ4v) is 7.05. The summed E-state index contributed by atoms with van der Waals surface area (Å²) < 4.78 is 18.8. The lowest BCUT2D eigenvalue weighted by Gasteiger charge is -2.32. The van der Waals surface area contributed by atoms with Gasteiger partial charge in [-0.1, -0.05) is 111 Å². The lowest BCUT2D eigenvalue weighted by atomic mass is 9.76. The van der Waals surface area contributed by atoms with Gasteiger partial charge in [-0.25, -0.2) is 4.79 Å². The minimum absolute atomic E-state index is 0.000139. The van der Waals surface area contributed by atoms with Crippen molar-refractivity contribution in [1.29, 1.82) is 0 Å². The van der Waals surface area contributed by atoms with Crippen LogP contribution in [0.5, 0.6) is 0 Å². The van der Waals surface area contributed by atoms with Gasteiger partial charge in [0, 0.05) is 17.9 Å². The van der Waals surface area contributed by atoms with Crippen molar-refractivity contribution in [3.05, 3.63) is 124 Å². The van der Waals surface area contributed by atoms with E-state index < -0.39 is 24.4 Å². The quantitative estimate of drug-likeness (QED) is 0.226. The number of carbonyl (C=O) groups excluding carboxylic acids is 1. The molecule has 2 aliphatic carbocycles. The number of benzene rings is 4. The second kappa shape index (κ2) is 10.7. The summed E-state index contributed by atoms with van der Waals surface area (Å²) >= 11 is 0. The number of hydrogen-bond acceptors (Lipinski definition) is 4. The topological polar surface area (TPSA) is 56.8 Å². The highest BCUT2D eigenvalue weighted by atomic mass is 16.7. The Bertz CT molecular complexity index is 1780. The second-order valence-electron chi connectivity index (χ2n) is 14.0. The van der Waals surface area contributed by atoms with Crippen molar-refractivity contribution in [2.75, 3.05) is 13.2 Å². The Labute approximate surface area is 266 Å². The maximum Gasteiger partial charge on any atom is 0.492 e. The van der Waals surface area contributed by atoms with E-state index in [-0.39, 0.29) is 24.5 Å². The smallest absolute Gasteiger partial charge is 0.449 e. The van der Waals surface area contributed by atoms with Crippen LogP contribution in [0.1, 0.15) is 75.3 Å². The first kappa shape index (κ1) is 29.6. The number of fused-ring (bicyclic) bond motifs is 6. The maximum atomic E-state index is 13.2. The molecule has 4 aromatic rings. The van der Waals surface area contributed by atoms with E-state index in [0.717, 1.165) is 11.0 Å². The summed E-state index contributed by atoms with van der Waals surface area (Å²) in [5.41, 5.74) is 10.7. The third-order valence-electron chi connectivity index (χ3n) is 10.3. The minimum Gasteiger partial charge on any atom is -0.449 e. The first-order chi connectivity index (χ1) is 21.5. The van der Waals surface area contributed by atoms with Gasteiger partial charge in [0.2, 0.25) is 0 Å². The summed E-state index contributed by atoms with van der Waals surface area (Å²) in [4.78, 5) is 13.2. The molecule has 3 aliphatic rings. The number of hydrogen-bond donors (Lipinski definition) is 1. The molecule has 0 bridgehead atoms. The molecule has 6 heteroatoms. The van der Waals surface area contributed by atoms with Gasteiger partial charge in [-0.05, 0) is 83.2 Å². The first-order valence-electron chi connectivity index (χ1n) is 15.9. The highest BCUT2D eigenvalue weighted by Gasteiger charge is 2.52. The highest BCUT2D eigenvalue weighted by molar-refractivity contribution is 6.56. The summed E-state index contributed by atoms with van der Waals surface area (Å²) in [6.45, 7) is 13.2. The fourth-order valence-electron chi connectivity index (χ4n) is 7.05. The number of rotatable bonds is 6. The first-order valence-corrected chi connectivity index (χ1v) is 15.9. The molecule has 7 rings (SSSR count). The van der Waals surface area contributed by atoms with Gasteiger partial charge >= 0.3 is 13.2 Å². The zero-order chi connectivity index (χ0) is 31.6. The van der Waals surface area contributed by atoms with Crippen molar-refractivity contribution in [3.63, 3.8) is 0 Å². The van der Waals surface area contributed by atoms with E-state index in [1.165, 1.54) is 44.5 Å². The molecule has 45 heavy (non-hydrogen) atoms. The Morgan fingerprint density at radius 1 is 0.756 bits per heavy atom. The molecule has 0 unspecified atom stereocenters. The van der Waals surface area contributed by atoms with E-state index in [9.17, 15) is 4.79 Å². The average molecular weight is 598 g/mol. The van der Waals surface area contributed by atoms with Crippen LogP contribution in [0.3, 0.4) is 0 Å². The monoisotopic (exact) mass is 597 g/mol. The van der Waals surface area contributed by atoms with E-state index in [4.69, 9.17) is 14.0 Å². The molecule has 0 spiro atoms. The molecule has 0 aromatic heterocycles. The van der Waals surface area contributed by atoms with Gasteiger partial charge < -0.3 is 19.4 Å². The van der Waals surface area contributed by atoms with Gasteiger partial charge in [-0.3, -0.25) is 0 Å². The van der Waals surface area contributed by atoms with Crippen molar-refractivity contribution >= 4 is 19.3 Å². The summed E-state index contributed by atoms with van der Waals surface area (Å²) in [6, 6.07) is 31.9. The molecule has 1 N–H and O–H groups in total. The molecule has 0 atom stereocenters. The summed E-state index contributed by atoms with van der Waals surface area (Å²) in [5, 5.41) is 3.00. The lowest BCUT2D eigenvalue weighted by Crippen LogP contribution is -2.41. The number of amides is 1. The molecule has 1 fully saturated rings. The highest BCUT2D eigenvalue weighted by Crippen LogP contribution is 2.49. The fraction of sp³-hybridized carbons (Fsp3) is 0.308. The van der Waals surface area contributed by atoms with Crippen LogP contribution in [-0.4, -0.2) is 37.6 Å². The van der Waals surface area contributed by atoms with Crippen LogP contribution in [0.15, 0.2) is 96.5 Å². The maximum absolute atomic E-state index is 13.2. The summed E-state index contributed by atoms with van der Waals surface area (Å²) in [6.07, 6.45) is 1.62. The van der Waals surface area contributed by atoms with E-state index in [1.54, 1.807) is 0 Å². The Kier molecular flexibility index (Phi) is 7.07. The van der Waals surface area contributed by atoms with Gasteiger partial charge in [-0.2, -0.15) is 0 Å². The Balaban J connectivity index is 1.12. The summed E-state index contributed by atoms with van der Waals surface area (Å²) in [7, 11) is -0.609. The van der Waals surface area contributed by atoms with Crippen LogP contribution < -0.4 is 5.32 Å².